The fourth-order valence-corrected chi connectivity index (χ4v) is 2.97. The van der Waals surface area contributed by atoms with Crippen molar-refractivity contribution in [3.63, 3.8) is 0 Å². The van der Waals surface area contributed by atoms with E-state index in [0.717, 1.165) is 28.5 Å². The fourth-order valence-electron chi connectivity index (χ4n) is 2.97. The van der Waals surface area contributed by atoms with Gasteiger partial charge in [-0.25, -0.2) is 9.67 Å². The minimum atomic E-state index is -0.448. The average Bonchev–Trinajstić information content (AvgIpc) is 3.18. The van der Waals surface area contributed by atoms with Gasteiger partial charge in [-0.15, -0.1) is 0 Å². The van der Waals surface area contributed by atoms with Gasteiger partial charge in [0, 0.05) is 24.7 Å². The molecule has 0 fully saturated rings. The lowest BCUT2D eigenvalue weighted by molar-refractivity contribution is 0.145. The van der Waals surface area contributed by atoms with Gasteiger partial charge >= 0.3 is 0 Å². The van der Waals surface area contributed by atoms with Crippen molar-refractivity contribution in [2.24, 2.45) is 7.05 Å². The zero-order valence-corrected chi connectivity index (χ0v) is 15.8. The van der Waals surface area contributed by atoms with Crippen molar-refractivity contribution < 1.29 is 9.84 Å². The van der Waals surface area contributed by atoms with Crippen molar-refractivity contribution >= 4 is 0 Å². The van der Waals surface area contributed by atoms with Crippen molar-refractivity contribution in [2.45, 2.75) is 39.3 Å². The van der Waals surface area contributed by atoms with Gasteiger partial charge in [-0.2, -0.15) is 5.10 Å². The summed E-state index contributed by atoms with van der Waals surface area (Å²) in [6.07, 6.45) is 0.805. The van der Waals surface area contributed by atoms with Crippen LogP contribution in [-0.4, -0.2) is 37.7 Å². The van der Waals surface area contributed by atoms with E-state index in [1.54, 1.807) is 7.11 Å². The minimum Gasteiger partial charge on any atom is -0.496 e. The molecule has 0 unspecified atom stereocenters. The van der Waals surface area contributed by atoms with Crippen LogP contribution in [0.4, 0.5) is 0 Å². The lowest BCUT2D eigenvalue weighted by Crippen LogP contribution is -2.17. The van der Waals surface area contributed by atoms with Crippen molar-refractivity contribution in [2.75, 3.05) is 7.11 Å². The molecular weight excluding hydrogens is 328 g/mol. The molecule has 0 spiro atoms. The average molecular weight is 354 g/mol. The van der Waals surface area contributed by atoms with Crippen molar-refractivity contribution in [1.82, 2.24) is 19.3 Å². The van der Waals surface area contributed by atoms with Gasteiger partial charge in [-0.05, 0) is 31.5 Å². The zero-order valence-electron chi connectivity index (χ0n) is 15.8. The predicted molar refractivity (Wildman–Crippen MR) is 101 cm³/mol. The second-order valence-electron chi connectivity index (χ2n) is 6.50. The van der Waals surface area contributed by atoms with Crippen LogP contribution in [0, 0.1) is 6.92 Å². The van der Waals surface area contributed by atoms with Gasteiger partial charge in [0.25, 0.3) is 0 Å². The molecule has 2 aromatic heterocycles. The summed E-state index contributed by atoms with van der Waals surface area (Å²) in [5.74, 6) is 2.32. The fraction of sp³-hybridized carbons (Fsp3) is 0.400. The van der Waals surface area contributed by atoms with E-state index in [0.29, 0.717) is 25.2 Å². The van der Waals surface area contributed by atoms with Gasteiger partial charge in [-0.1, -0.05) is 25.1 Å². The maximum Gasteiger partial charge on any atom is 0.175 e. The van der Waals surface area contributed by atoms with Crippen LogP contribution < -0.4 is 4.74 Å². The first kappa shape index (κ1) is 18.2. The van der Waals surface area contributed by atoms with Gasteiger partial charge in [0.15, 0.2) is 11.6 Å². The molecule has 26 heavy (non-hydrogen) atoms. The normalized spacial score (nSPS) is 12.3. The summed E-state index contributed by atoms with van der Waals surface area (Å²) in [6.45, 7) is 4.44. The Labute approximate surface area is 154 Å². The van der Waals surface area contributed by atoms with Crippen LogP contribution >= 0.6 is 0 Å². The molecule has 6 heteroatoms. The van der Waals surface area contributed by atoms with E-state index in [-0.39, 0.29) is 0 Å². The summed E-state index contributed by atoms with van der Waals surface area (Å²) in [4.78, 5) is 4.78. The minimum absolute atomic E-state index is 0.426. The van der Waals surface area contributed by atoms with E-state index in [4.69, 9.17) is 9.72 Å². The Bertz CT molecular complexity index is 882. The molecule has 3 rings (SSSR count). The summed E-state index contributed by atoms with van der Waals surface area (Å²) >= 11 is 0. The molecule has 1 N–H and O–H groups in total. The highest BCUT2D eigenvalue weighted by molar-refractivity contribution is 5.52. The van der Waals surface area contributed by atoms with E-state index in [1.165, 1.54) is 0 Å². The molecule has 0 amide bonds. The zero-order chi connectivity index (χ0) is 18.7. The van der Waals surface area contributed by atoms with Crippen molar-refractivity contribution in [3.05, 3.63) is 53.5 Å². The number of hydrogen-bond donors (Lipinski definition) is 1. The van der Waals surface area contributed by atoms with E-state index in [2.05, 4.69) is 22.7 Å². The van der Waals surface area contributed by atoms with Crippen LogP contribution in [0.25, 0.3) is 11.5 Å². The van der Waals surface area contributed by atoms with Crippen LogP contribution in [0.3, 0.4) is 0 Å². The van der Waals surface area contributed by atoms with Crippen LogP contribution in [0.5, 0.6) is 5.75 Å². The molecular formula is C20H26N4O2. The molecule has 0 saturated heterocycles. The molecule has 0 aliphatic heterocycles. The molecule has 138 valence electrons. The number of aliphatic hydroxyl groups excluding tert-OH is 1. The second-order valence-corrected chi connectivity index (χ2v) is 6.50. The molecule has 0 aliphatic carbocycles. The molecule has 0 saturated carbocycles. The third kappa shape index (κ3) is 3.65. The molecule has 0 bridgehead atoms. The van der Waals surface area contributed by atoms with Gasteiger partial charge in [0.05, 0.1) is 25.5 Å². The molecule has 3 aromatic rings. The molecule has 2 heterocycles. The van der Waals surface area contributed by atoms with Crippen LogP contribution in [0.15, 0.2) is 36.4 Å². The second kappa shape index (κ2) is 7.74. The smallest absolute Gasteiger partial charge is 0.175 e. The predicted octanol–water partition coefficient (Wildman–Crippen LogP) is 2.96. The molecule has 6 nitrogen and oxygen atoms in total. The van der Waals surface area contributed by atoms with Crippen LogP contribution in [-0.2, 0) is 20.0 Å². The number of para-hydroxylation sites is 1. The van der Waals surface area contributed by atoms with Gasteiger partial charge in [0.2, 0.25) is 0 Å². The monoisotopic (exact) mass is 354 g/mol. The van der Waals surface area contributed by atoms with E-state index >= 15 is 0 Å². The molecule has 1 atom stereocenters. The lowest BCUT2D eigenvalue weighted by Gasteiger charge is -2.11. The summed E-state index contributed by atoms with van der Waals surface area (Å²) in [7, 11) is 3.68. The largest absolute Gasteiger partial charge is 0.496 e. The van der Waals surface area contributed by atoms with Gasteiger partial charge in [-0.3, -0.25) is 0 Å². The topological polar surface area (TPSA) is 65.1 Å². The summed E-state index contributed by atoms with van der Waals surface area (Å²) in [5.41, 5.74) is 3.18. The first-order chi connectivity index (χ1) is 12.5. The van der Waals surface area contributed by atoms with Gasteiger partial charge in [0.1, 0.15) is 5.75 Å². The van der Waals surface area contributed by atoms with Crippen LogP contribution in [0.1, 0.15) is 30.4 Å². The third-order valence-electron chi connectivity index (χ3n) is 4.71. The Morgan fingerprint density at radius 2 is 1.96 bits per heavy atom. The Balaban J connectivity index is 1.99. The molecule has 0 aliphatic rings. The van der Waals surface area contributed by atoms with E-state index < -0.39 is 6.10 Å². The first-order valence-electron chi connectivity index (χ1n) is 8.89. The highest BCUT2D eigenvalue weighted by atomic mass is 16.5. The Morgan fingerprint density at radius 3 is 2.62 bits per heavy atom. The standard InChI is InChI=1S/C20H26N4O2/c1-5-16(25)13-24-20(17-11-10-14(2)23(17)3)21-19(22-24)12-15-8-6-7-9-18(15)26-4/h6-11,16,25H,5,12-13H2,1-4H3/t16-/m1/s1. The highest BCUT2D eigenvalue weighted by Crippen LogP contribution is 2.24. The number of aromatic nitrogens is 4. The SMILES string of the molecule is CC[C@@H](O)Cn1nc(Cc2ccccc2OC)nc1-c1ccc(C)n1C. The molecule has 0 radical (unpaired) electrons. The summed E-state index contributed by atoms with van der Waals surface area (Å²) in [5, 5.41) is 14.8. The number of aliphatic hydroxyl groups is 1. The number of rotatable bonds is 7. The Morgan fingerprint density at radius 1 is 1.19 bits per heavy atom. The van der Waals surface area contributed by atoms with E-state index in [9.17, 15) is 5.11 Å². The number of nitrogens with zero attached hydrogens (tertiary/aromatic N) is 4. The number of hydrogen-bond acceptors (Lipinski definition) is 4. The highest BCUT2D eigenvalue weighted by Gasteiger charge is 2.18. The number of benzene rings is 1. The number of aryl methyl sites for hydroxylation is 1. The molecule has 1 aromatic carbocycles. The quantitative estimate of drug-likeness (QED) is 0.708. The van der Waals surface area contributed by atoms with Crippen molar-refractivity contribution in [1.29, 1.82) is 0 Å². The number of ether oxygens (including phenoxy) is 1. The lowest BCUT2D eigenvalue weighted by atomic mass is 10.1. The maximum atomic E-state index is 10.1. The first-order valence-corrected chi connectivity index (χ1v) is 8.89. The van der Waals surface area contributed by atoms with E-state index in [1.807, 2.05) is 49.0 Å². The van der Waals surface area contributed by atoms with Crippen LogP contribution in [0.2, 0.25) is 0 Å². The van der Waals surface area contributed by atoms with Crippen molar-refractivity contribution in [3.8, 4) is 17.3 Å². The summed E-state index contributed by atoms with van der Waals surface area (Å²) < 4.78 is 9.34. The summed E-state index contributed by atoms with van der Waals surface area (Å²) in [6, 6.07) is 12.0. The van der Waals surface area contributed by atoms with Gasteiger partial charge < -0.3 is 14.4 Å². The Hall–Kier alpha value is -2.60. The maximum absolute atomic E-state index is 10.1. The number of methoxy groups -OCH3 is 1. The Kier molecular flexibility index (Phi) is 5.42. The third-order valence-corrected chi connectivity index (χ3v) is 4.71.